The molecule has 0 atom stereocenters. The molecule has 0 amide bonds. The Bertz CT molecular complexity index is 580. The number of rotatable bonds is 6. The predicted octanol–water partition coefficient (Wildman–Crippen LogP) is 1.07. The minimum atomic E-state index is -3.50. The van der Waals surface area contributed by atoms with Crippen molar-refractivity contribution in [1.82, 2.24) is 4.72 Å². The molecule has 0 aliphatic carbocycles. The summed E-state index contributed by atoms with van der Waals surface area (Å²) in [4.78, 5) is 10.6. The Kier molecular flexibility index (Phi) is 4.90. The number of sulfonamides is 1. The maximum atomic E-state index is 11.8. The lowest BCUT2D eigenvalue weighted by atomic mass is 10.1. The van der Waals surface area contributed by atoms with Crippen molar-refractivity contribution in [2.24, 2.45) is 0 Å². The van der Waals surface area contributed by atoms with Crippen molar-refractivity contribution in [3.63, 3.8) is 0 Å². The molecule has 2 N–H and O–H groups in total. The van der Waals surface area contributed by atoms with Crippen molar-refractivity contribution >= 4 is 16.0 Å². The summed E-state index contributed by atoms with van der Waals surface area (Å²) < 4.78 is 31.1. The summed E-state index contributed by atoms with van der Waals surface area (Å²) in [6, 6.07) is 3.11. The van der Waals surface area contributed by atoms with Crippen molar-refractivity contribution in [3.05, 3.63) is 23.3 Å². The van der Waals surface area contributed by atoms with Crippen LogP contribution in [0.25, 0.3) is 0 Å². The molecule has 0 saturated carbocycles. The van der Waals surface area contributed by atoms with Gasteiger partial charge >= 0.3 is 5.97 Å². The number of hydrogen-bond donors (Lipinski definition) is 2. The third-order valence-electron chi connectivity index (χ3n) is 2.60. The average molecular weight is 287 g/mol. The second-order valence-electron chi connectivity index (χ2n) is 4.08. The molecule has 6 nitrogen and oxygen atoms in total. The number of benzene rings is 1. The summed E-state index contributed by atoms with van der Waals surface area (Å²) in [5.74, 6) is -0.447. The van der Waals surface area contributed by atoms with E-state index in [2.05, 4.69) is 4.72 Å². The molecule has 1 aromatic carbocycles. The highest BCUT2D eigenvalue weighted by molar-refractivity contribution is 7.89. The summed E-state index contributed by atoms with van der Waals surface area (Å²) in [6.07, 6.45) is -0.102. The maximum absolute atomic E-state index is 11.8. The summed E-state index contributed by atoms with van der Waals surface area (Å²) >= 11 is 0. The van der Waals surface area contributed by atoms with Gasteiger partial charge in [-0.1, -0.05) is 0 Å². The number of aryl methyl sites for hydroxylation is 2. The van der Waals surface area contributed by atoms with Crippen molar-refractivity contribution in [1.29, 1.82) is 0 Å². The van der Waals surface area contributed by atoms with E-state index in [0.717, 1.165) is 0 Å². The summed E-state index contributed by atoms with van der Waals surface area (Å²) in [5.41, 5.74) is 1.19. The molecule has 19 heavy (non-hydrogen) atoms. The molecule has 0 fully saturated rings. The fourth-order valence-electron chi connectivity index (χ4n) is 1.57. The van der Waals surface area contributed by atoms with Crippen LogP contribution in [-0.2, 0) is 14.8 Å². The number of aliphatic carboxylic acids is 1. The molecule has 0 unspecified atom stereocenters. The standard InChI is InChI=1S/C12H17NO5S/c1-8-7-11(19(16,17)13-3)9(2)6-10(8)18-5-4-12(14)15/h6-7,13H,4-5H2,1-3H3,(H,14,15). The van der Waals surface area contributed by atoms with E-state index >= 15 is 0 Å². The molecule has 0 heterocycles. The summed E-state index contributed by atoms with van der Waals surface area (Å²) in [6.45, 7) is 3.42. The smallest absolute Gasteiger partial charge is 0.306 e. The fraction of sp³-hybridized carbons (Fsp3) is 0.417. The van der Waals surface area contributed by atoms with Gasteiger partial charge in [0, 0.05) is 0 Å². The van der Waals surface area contributed by atoms with Crippen LogP contribution < -0.4 is 9.46 Å². The highest BCUT2D eigenvalue weighted by atomic mass is 32.2. The van der Waals surface area contributed by atoms with Crippen molar-refractivity contribution in [2.45, 2.75) is 25.2 Å². The van der Waals surface area contributed by atoms with E-state index in [1.165, 1.54) is 13.1 Å². The topological polar surface area (TPSA) is 92.7 Å². The zero-order valence-corrected chi connectivity index (χ0v) is 11.9. The van der Waals surface area contributed by atoms with Gasteiger partial charge in [0.25, 0.3) is 0 Å². The third kappa shape index (κ3) is 3.93. The Morgan fingerprint density at radius 2 is 1.95 bits per heavy atom. The monoisotopic (exact) mass is 287 g/mol. The molecular weight excluding hydrogens is 270 g/mol. The van der Waals surface area contributed by atoms with Crippen LogP contribution in [0.1, 0.15) is 17.5 Å². The van der Waals surface area contributed by atoms with E-state index < -0.39 is 16.0 Å². The number of hydrogen-bond acceptors (Lipinski definition) is 4. The van der Waals surface area contributed by atoms with E-state index in [0.29, 0.717) is 16.9 Å². The predicted molar refractivity (Wildman–Crippen MR) is 69.9 cm³/mol. The zero-order chi connectivity index (χ0) is 14.6. The number of carboxylic acids is 1. The van der Waals surface area contributed by atoms with Gasteiger partial charge < -0.3 is 9.84 Å². The minimum absolute atomic E-state index is 0.0493. The molecule has 1 rings (SSSR count). The van der Waals surface area contributed by atoms with Crippen LogP contribution >= 0.6 is 0 Å². The molecule has 0 bridgehead atoms. The van der Waals surface area contributed by atoms with Crippen molar-refractivity contribution < 1.29 is 23.1 Å². The van der Waals surface area contributed by atoms with Gasteiger partial charge in [0.05, 0.1) is 17.9 Å². The first-order valence-corrected chi connectivity index (χ1v) is 7.15. The average Bonchev–Trinajstić information content (AvgIpc) is 2.32. The van der Waals surface area contributed by atoms with Gasteiger partial charge in [-0.05, 0) is 44.2 Å². The number of ether oxygens (including phenoxy) is 1. The van der Waals surface area contributed by atoms with E-state index in [1.54, 1.807) is 19.9 Å². The van der Waals surface area contributed by atoms with Crippen LogP contribution in [0.5, 0.6) is 5.75 Å². The number of carboxylic acid groups (broad SMARTS) is 1. The molecular formula is C12H17NO5S. The Morgan fingerprint density at radius 1 is 1.32 bits per heavy atom. The van der Waals surface area contributed by atoms with Crippen LogP contribution in [0.4, 0.5) is 0 Å². The van der Waals surface area contributed by atoms with E-state index in [1.807, 2.05) is 0 Å². The maximum Gasteiger partial charge on any atom is 0.306 e. The lowest BCUT2D eigenvalue weighted by Crippen LogP contribution is -2.20. The molecule has 0 saturated heterocycles. The van der Waals surface area contributed by atoms with Gasteiger partial charge in [0.15, 0.2) is 0 Å². The van der Waals surface area contributed by atoms with Crippen molar-refractivity contribution in [2.75, 3.05) is 13.7 Å². The Labute approximate surface area is 112 Å². The highest BCUT2D eigenvalue weighted by Gasteiger charge is 2.16. The minimum Gasteiger partial charge on any atom is -0.493 e. The van der Waals surface area contributed by atoms with E-state index in [9.17, 15) is 13.2 Å². The van der Waals surface area contributed by atoms with Crippen LogP contribution in [0.2, 0.25) is 0 Å². The van der Waals surface area contributed by atoms with Gasteiger partial charge in [-0.3, -0.25) is 4.79 Å². The Hall–Kier alpha value is -1.60. The molecule has 0 aliphatic heterocycles. The lowest BCUT2D eigenvalue weighted by Gasteiger charge is -2.13. The number of carbonyl (C=O) groups is 1. The molecule has 0 radical (unpaired) electrons. The van der Waals surface area contributed by atoms with Crippen LogP contribution in [0, 0.1) is 13.8 Å². The second-order valence-corrected chi connectivity index (χ2v) is 5.94. The molecule has 7 heteroatoms. The lowest BCUT2D eigenvalue weighted by molar-refractivity contribution is -0.137. The SMILES string of the molecule is CNS(=O)(=O)c1cc(C)c(OCCC(=O)O)cc1C. The summed E-state index contributed by atoms with van der Waals surface area (Å²) in [7, 11) is -2.15. The van der Waals surface area contributed by atoms with Gasteiger partial charge in [0.2, 0.25) is 10.0 Å². The Morgan fingerprint density at radius 3 is 2.47 bits per heavy atom. The van der Waals surface area contributed by atoms with Crippen LogP contribution in [0.3, 0.4) is 0 Å². The molecule has 106 valence electrons. The third-order valence-corrected chi connectivity index (χ3v) is 4.16. The first-order valence-electron chi connectivity index (χ1n) is 5.67. The second kappa shape index (κ2) is 6.03. The molecule has 0 spiro atoms. The van der Waals surface area contributed by atoms with Crippen LogP contribution in [0.15, 0.2) is 17.0 Å². The first kappa shape index (κ1) is 15.5. The highest BCUT2D eigenvalue weighted by Crippen LogP contribution is 2.25. The normalized spacial score (nSPS) is 11.3. The summed E-state index contributed by atoms with van der Waals surface area (Å²) in [5, 5.41) is 8.53. The molecule has 1 aromatic rings. The number of nitrogens with one attached hydrogen (secondary N) is 1. The molecule has 0 aromatic heterocycles. The molecule has 0 aliphatic rings. The van der Waals surface area contributed by atoms with Gasteiger partial charge in [-0.25, -0.2) is 13.1 Å². The van der Waals surface area contributed by atoms with E-state index in [4.69, 9.17) is 9.84 Å². The fourth-order valence-corrected chi connectivity index (χ4v) is 2.60. The van der Waals surface area contributed by atoms with Gasteiger partial charge in [-0.15, -0.1) is 0 Å². The zero-order valence-electron chi connectivity index (χ0n) is 11.1. The van der Waals surface area contributed by atoms with E-state index in [-0.39, 0.29) is 17.9 Å². The quantitative estimate of drug-likeness (QED) is 0.816. The largest absolute Gasteiger partial charge is 0.493 e. The Balaban J connectivity index is 3.01. The van der Waals surface area contributed by atoms with Gasteiger partial charge in [0.1, 0.15) is 5.75 Å². The van der Waals surface area contributed by atoms with Crippen LogP contribution in [-0.4, -0.2) is 33.1 Å². The van der Waals surface area contributed by atoms with Gasteiger partial charge in [-0.2, -0.15) is 0 Å². The van der Waals surface area contributed by atoms with Crippen molar-refractivity contribution in [3.8, 4) is 5.75 Å². The first-order chi connectivity index (χ1) is 8.77.